The number of halogens is 2. The van der Waals surface area contributed by atoms with Gasteiger partial charge in [0.25, 0.3) is 0 Å². The predicted octanol–water partition coefficient (Wildman–Crippen LogP) is 5.09. The van der Waals surface area contributed by atoms with Crippen LogP contribution in [-0.2, 0) is 0 Å². The molecule has 2 fully saturated rings. The zero-order valence-electron chi connectivity index (χ0n) is 19.4. The average Bonchev–Trinajstić information content (AvgIpc) is 2.84. The van der Waals surface area contributed by atoms with E-state index >= 15 is 0 Å². The number of carbonyl (C=O) groups is 1. The van der Waals surface area contributed by atoms with Crippen molar-refractivity contribution in [2.24, 2.45) is 0 Å². The number of fused-ring (bicyclic) bond motifs is 1. The molecule has 0 unspecified atom stereocenters. The normalized spacial score (nSPS) is 22.5. The summed E-state index contributed by atoms with van der Waals surface area (Å²) >= 11 is 0. The van der Waals surface area contributed by atoms with Crippen LogP contribution in [0.1, 0.15) is 24.3 Å². The Labute approximate surface area is 204 Å². The summed E-state index contributed by atoms with van der Waals surface area (Å²) in [5.74, 6) is -0.606. The maximum absolute atomic E-state index is 14.2. The Morgan fingerprint density at radius 1 is 0.971 bits per heavy atom. The van der Waals surface area contributed by atoms with Crippen molar-refractivity contribution in [1.29, 1.82) is 0 Å². The molecule has 182 valence electrons. The van der Waals surface area contributed by atoms with E-state index in [0.29, 0.717) is 24.3 Å². The van der Waals surface area contributed by atoms with Crippen molar-refractivity contribution in [2.75, 3.05) is 31.6 Å². The fraction of sp³-hybridized carbons (Fsp3) is 0.321. The molecule has 0 bridgehead atoms. The van der Waals surface area contributed by atoms with E-state index in [1.165, 1.54) is 18.2 Å². The number of benzene rings is 3. The number of hydrogen-bond acceptors (Lipinski definition) is 3. The third-order valence-electron chi connectivity index (χ3n) is 7.21. The van der Waals surface area contributed by atoms with Crippen molar-refractivity contribution in [2.45, 2.75) is 30.8 Å². The Kier molecular flexibility index (Phi) is 6.79. The van der Waals surface area contributed by atoms with Crippen LogP contribution in [0.2, 0.25) is 0 Å². The van der Waals surface area contributed by atoms with Crippen LogP contribution in [0, 0.1) is 11.6 Å². The van der Waals surface area contributed by atoms with E-state index in [9.17, 15) is 18.7 Å². The third-order valence-corrected chi connectivity index (χ3v) is 7.21. The van der Waals surface area contributed by atoms with Gasteiger partial charge in [-0.1, -0.05) is 48.5 Å². The highest BCUT2D eigenvalue weighted by molar-refractivity contribution is 5.89. The molecule has 3 aromatic carbocycles. The molecule has 0 saturated carbocycles. The first kappa shape index (κ1) is 23.5. The van der Waals surface area contributed by atoms with Crippen molar-refractivity contribution in [3.05, 3.63) is 90.0 Å². The Balaban J connectivity index is 1.35. The van der Waals surface area contributed by atoms with E-state index in [2.05, 4.69) is 10.2 Å². The van der Waals surface area contributed by atoms with Gasteiger partial charge in [-0.15, -0.1) is 0 Å². The molecule has 2 heterocycles. The topological polar surface area (TPSA) is 55.8 Å². The minimum atomic E-state index is -0.398. The number of rotatable bonds is 4. The van der Waals surface area contributed by atoms with Gasteiger partial charge in [-0.3, -0.25) is 4.90 Å². The summed E-state index contributed by atoms with van der Waals surface area (Å²) in [6.07, 6.45) is 1.79. The summed E-state index contributed by atoms with van der Waals surface area (Å²) in [6, 6.07) is 20.2. The summed E-state index contributed by atoms with van der Waals surface area (Å²) in [6.45, 7) is 2.04. The number of amides is 2. The van der Waals surface area contributed by atoms with Crippen molar-refractivity contribution < 1.29 is 18.7 Å². The lowest BCUT2D eigenvalue weighted by molar-refractivity contribution is -0.0585. The zero-order chi connectivity index (χ0) is 24.4. The number of aliphatic hydroxyl groups is 1. The molecule has 0 aliphatic carbocycles. The van der Waals surface area contributed by atoms with Crippen molar-refractivity contribution in [1.82, 2.24) is 9.80 Å². The Hall–Kier alpha value is -3.29. The highest BCUT2D eigenvalue weighted by Gasteiger charge is 2.49. The van der Waals surface area contributed by atoms with Crippen LogP contribution in [0.4, 0.5) is 19.3 Å². The van der Waals surface area contributed by atoms with Gasteiger partial charge in [0.2, 0.25) is 0 Å². The number of nitrogens with one attached hydrogen (secondary N) is 1. The van der Waals surface area contributed by atoms with Crippen LogP contribution in [0.3, 0.4) is 0 Å². The molecule has 2 amide bonds. The fourth-order valence-electron chi connectivity index (χ4n) is 5.47. The summed E-state index contributed by atoms with van der Waals surface area (Å²) in [7, 11) is 0. The summed E-state index contributed by atoms with van der Waals surface area (Å²) in [5.41, 5.74) is 2.85. The Bertz CT molecular complexity index is 1190. The van der Waals surface area contributed by atoms with Crippen LogP contribution in [0.25, 0.3) is 11.1 Å². The predicted molar refractivity (Wildman–Crippen MR) is 132 cm³/mol. The smallest absolute Gasteiger partial charge is 0.321 e. The van der Waals surface area contributed by atoms with Gasteiger partial charge in [-0.25, -0.2) is 13.6 Å². The standard InChI is InChI=1S/C28H29F2N3O2/c29-21-6-5-7-22(16-21)31-28(35)32-14-3-4-15-33-25(17-32)27(26(33)18-34)20-12-10-19(11-13-20)23-8-1-2-9-24(23)30/h1-2,5-13,16,25-27,34H,3-4,14-15,17-18H2,(H,31,35)/t25-,26-,27+/m0/s1. The molecule has 3 atom stereocenters. The van der Waals surface area contributed by atoms with E-state index in [4.69, 9.17) is 0 Å². The molecule has 7 heteroatoms. The number of carbonyl (C=O) groups excluding carboxylic acids is 1. The van der Waals surface area contributed by atoms with Crippen molar-refractivity contribution in [3.8, 4) is 11.1 Å². The van der Waals surface area contributed by atoms with Crippen LogP contribution < -0.4 is 5.32 Å². The SMILES string of the molecule is O=C(Nc1cccc(F)c1)N1CCCCN2[C@@H](CO)[C@H](c3ccc(-c4ccccc4F)cc3)[C@@H]2C1. The van der Waals surface area contributed by atoms with Crippen molar-refractivity contribution >= 4 is 11.7 Å². The van der Waals surface area contributed by atoms with Gasteiger partial charge in [0.15, 0.2) is 0 Å². The molecule has 3 aromatic rings. The second-order valence-corrected chi connectivity index (χ2v) is 9.28. The van der Waals surface area contributed by atoms with E-state index in [0.717, 1.165) is 30.5 Å². The van der Waals surface area contributed by atoms with Gasteiger partial charge in [0, 0.05) is 42.3 Å². The molecule has 0 spiro atoms. The number of hydrogen-bond donors (Lipinski definition) is 2. The third kappa shape index (κ3) is 4.79. The van der Waals surface area contributed by atoms with Gasteiger partial charge < -0.3 is 15.3 Å². The van der Waals surface area contributed by atoms with Gasteiger partial charge in [-0.05, 0) is 54.8 Å². The molecular formula is C28H29F2N3O2. The monoisotopic (exact) mass is 477 g/mol. The molecule has 5 rings (SSSR count). The van der Waals surface area contributed by atoms with Crippen LogP contribution in [-0.4, -0.2) is 59.3 Å². The second-order valence-electron chi connectivity index (χ2n) is 9.28. The molecule has 35 heavy (non-hydrogen) atoms. The lowest BCUT2D eigenvalue weighted by atomic mass is 9.74. The lowest BCUT2D eigenvalue weighted by Gasteiger charge is -2.57. The Morgan fingerprint density at radius 2 is 1.74 bits per heavy atom. The summed E-state index contributed by atoms with van der Waals surface area (Å²) in [5, 5.41) is 13.0. The maximum atomic E-state index is 14.2. The first-order valence-electron chi connectivity index (χ1n) is 12.1. The highest BCUT2D eigenvalue weighted by atomic mass is 19.1. The molecule has 0 aromatic heterocycles. The Morgan fingerprint density at radius 3 is 2.49 bits per heavy atom. The maximum Gasteiger partial charge on any atom is 0.321 e. The van der Waals surface area contributed by atoms with Gasteiger partial charge in [-0.2, -0.15) is 0 Å². The quantitative estimate of drug-likeness (QED) is 0.551. The van der Waals surface area contributed by atoms with E-state index in [-0.39, 0.29) is 36.5 Å². The number of nitrogens with zero attached hydrogens (tertiary/aromatic N) is 2. The first-order chi connectivity index (χ1) is 17.0. The van der Waals surface area contributed by atoms with E-state index in [1.54, 1.807) is 29.2 Å². The molecule has 0 radical (unpaired) electrons. The zero-order valence-corrected chi connectivity index (χ0v) is 19.4. The van der Waals surface area contributed by atoms with Crippen LogP contribution in [0.5, 0.6) is 0 Å². The largest absolute Gasteiger partial charge is 0.395 e. The van der Waals surface area contributed by atoms with Crippen LogP contribution in [0.15, 0.2) is 72.8 Å². The molecular weight excluding hydrogens is 448 g/mol. The van der Waals surface area contributed by atoms with Gasteiger partial charge in [0.1, 0.15) is 11.6 Å². The molecule has 2 aliphatic rings. The summed E-state index contributed by atoms with van der Waals surface area (Å²) in [4.78, 5) is 17.1. The van der Waals surface area contributed by atoms with Gasteiger partial charge in [0.05, 0.1) is 6.61 Å². The summed E-state index contributed by atoms with van der Waals surface area (Å²) < 4.78 is 27.8. The molecule has 2 aliphatic heterocycles. The number of urea groups is 1. The minimum absolute atomic E-state index is 0.0226. The highest BCUT2D eigenvalue weighted by Crippen LogP contribution is 2.42. The average molecular weight is 478 g/mol. The second kappa shape index (κ2) is 10.1. The molecule has 5 nitrogen and oxygen atoms in total. The van der Waals surface area contributed by atoms with E-state index < -0.39 is 5.82 Å². The van der Waals surface area contributed by atoms with Crippen molar-refractivity contribution in [3.63, 3.8) is 0 Å². The first-order valence-corrected chi connectivity index (χ1v) is 12.1. The lowest BCUT2D eigenvalue weighted by Crippen LogP contribution is -2.68. The van der Waals surface area contributed by atoms with E-state index in [1.807, 2.05) is 30.3 Å². The number of aliphatic hydroxyl groups excluding tert-OH is 1. The fourth-order valence-corrected chi connectivity index (χ4v) is 5.47. The molecule has 2 N–H and O–H groups in total. The minimum Gasteiger partial charge on any atom is -0.395 e. The molecule has 2 saturated heterocycles. The number of anilines is 1. The van der Waals surface area contributed by atoms with Crippen LogP contribution >= 0.6 is 0 Å². The van der Waals surface area contributed by atoms with Gasteiger partial charge >= 0.3 is 6.03 Å².